The molecular formula is C14H19N5O. The Hall–Kier alpha value is -2.11. The smallest absolute Gasteiger partial charge is 0.254 e. The Balaban J connectivity index is 1.64. The summed E-state index contributed by atoms with van der Waals surface area (Å²) in [6, 6.07) is 0.427. The Bertz CT molecular complexity index is 613. The van der Waals surface area contributed by atoms with Crippen molar-refractivity contribution in [2.24, 2.45) is 0 Å². The lowest BCUT2D eigenvalue weighted by atomic mass is 9.93. The third-order valence-corrected chi connectivity index (χ3v) is 3.75. The summed E-state index contributed by atoms with van der Waals surface area (Å²) in [6.07, 6.45) is 8.03. The summed E-state index contributed by atoms with van der Waals surface area (Å²) >= 11 is 0. The molecule has 2 heterocycles. The largest absolute Gasteiger partial charge is 0.349 e. The van der Waals surface area contributed by atoms with E-state index in [0.717, 1.165) is 25.0 Å². The number of aryl methyl sites for hydroxylation is 1. The van der Waals surface area contributed by atoms with Gasteiger partial charge in [-0.25, -0.2) is 0 Å². The van der Waals surface area contributed by atoms with Crippen LogP contribution in [0.5, 0.6) is 0 Å². The predicted molar refractivity (Wildman–Crippen MR) is 74.5 cm³/mol. The van der Waals surface area contributed by atoms with Crippen LogP contribution in [-0.2, 0) is 12.8 Å². The van der Waals surface area contributed by atoms with Gasteiger partial charge in [0.15, 0.2) is 0 Å². The minimum Gasteiger partial charge on any atom is -0.349 e. The molecule has 0 aliphatic heterocycles. The third kappa shape index (κ3) is 2.45. The molecule has 0 saturated heterocycles. The Morgan fingerprint density at radius 1 is 1.50 bits per heavy atom. The van der Waals surface area contributed by atoms with Gasteiger partial charge in [-0.2, -0.15) is 10.2 Å². The maximum atomic E-state index is 12.2. The quantitative estimate of drug-likeness (QED) is 0.889. The van der Waals surface area contributed by atoms with Gasteiger partial charge in [0.2, 0.25) is 0 Å². The molecule has 1 unspecified atom stereocenters. The molecule has 0 aromatic carbocycles. The summed E-state index contributed by atoms with van der Waals surface area (Å²) in [7, 11) is 0. The number of carbonyl (C=O) groups excluding carboxylic acids is 1. The second-order valence-corrected chi connectivity index (χ2v) is 5.59. The highest BCUT2D eigenvalue weighted by molar-refractivity contribution is 5.93. The molecule has 2 aromatic heterocycles. The molecule has 2 N–H and O–H groups in total. The van der Waals surface area contributed by atoms with Crippen molar-refractivity contribution in [2.75, 3.05) is 0 Å². The van der Waals surface area contributed by atoms with Gasteiger partial charge in [0, 0.05) is 30.4 Å². The maximum Gasteiger partial charge on any atom is 0.254 e. The molecule has 0 bridgehead atoms. The van der Waals surface area contributed by atoms with Crippen LogP contribution in [0.25, 0.3) is 0 Å². The summed E-state index contributed by atoms with van der Waals surface area (Å²) in [5.41, 5.74) is 3.02. The first kappa shape index (κ1) is 12.9. The fraction of sp³-hybridized carbons (Fsp3) is 0.500. The lowest BCUT2D eigenvalue weighted by molar-refractivity contribution is 0.0933. The number of amides is 1. The monoisotopic (exact) mass is 273 g/mol. The number of H-pyrrole nitrogens is 1. The molecule has 0 spiro atoms. The minimum atomic E-state index is -0.0511. The first-order valence-electron chi connectivity index (χ1n) is 6.99. The maximum absolute atomic E-state index is 12.2. The van der Waals surface area contributed by atoms with Gasteiger partial charge in [0.25, 0.3) is 5.91 Å². The minimum absolute atomic E-state index is 0.0511. The second-order valence-electron chi connectivity index (χ2n) is 5.59. The van der Waals surface area contributed by atoms with Gasteiger partial charge in [-0.15, -0.1) is 0 Å². The van der Waals surface area contributed by atoms with E-state index in [1.54, 1.807) is 17.1 Å². The van der Waals surface area contributed by atoms with Crippen LogP contribution in [0.4, 0.5) is 0 Å². The van der Waals surface area contributed by atoms with Crippen molar-refractivity contribution in [2.45, 2.75) is 45.2 Å². The van der Waals surface area contributed by atoms with E-state index in [1.165, 1.54) is 5.56 Å². The number of hydrogen-bond acceptors (Lipinski definition) is 3. The van der Waals surface area contributed by atoms with E-state index in [2.05, 4.69) is 20.6 Å². The Kier molecular flexibility index (Phi) is 3.30. The zero-order valence-corrected chi connectivity index (χ0v) is 11.8. The topological polar surface area (TPSA) is 75.6 Å². The third-order valence-electron chi connectivity index (χ3n) is 3.75. The molecule has 2 aromatic rings. The number of hydrogen-bond donors (Lipinski definition) is 2. The zero-order chi connectivity index (χ0) is 14.1. The first-order valence-corrected chi connectivity index (χ1v) is 6.99. The molecule has 106 valence electrons. The zero-order valence-electron chi connectivity index (χ0n) is 11.8. The Morgan fingerprint density at radius 3 is 3.10 bits per heavy atom. The van der Waals surface area contributed by atoms with E-state index >= 15 is 0 Å². The van der Waals surface area contributed by atoms with Crippen LogP contribution in [0, 0.1) is 0 Å². The fourth-order valence-electron chi connectivity index (χ4n) is 2.54. The van der Waals surface area contributed by atoms with Gasteiger partial charge < -0.3 is 5.32 Å². The SMILES string of the molecule is CC(C)n1cc(C(=O)NC2CCc3cn[nH]c3C2)cn1. The van der Waals surface area contributed by atoms with Gasteiger partial charge >= 0.3 is 0 Å². The van der Waals surface area contributed by atoms with Crippen molar-refractivity contribution in [1.29, 1.82) is 0 Å². The molecule has 1 aliphatic carbocycles. The highest BCUT2D eigenvalue weighted by atomic mass is 16.1. The van der Waals surface area contributed by atoms with Crippen LogP contribution >= 0.6 is 0 Å². The number of nitrogens with one attached hydrogen (secondary N) is 2. The average Bonchev–Trinajstić information content (AvgIpc) is 3.07. The second kappa shape index (κ2) is 5.11. The van der Waals surface area contributed by atoms with Crippen LogP contribution in [0.3, 0.4) is 0 Å². The first-order chi connectivity index (χ1) is 9.63. The van der Waals surface area contributed by atoms with Gasteiger partial charge in [0.05, 0.1) is 18.0 Å². The molecule has 1 atom stereocenters. The van der Waals surface area contributed by atoms with E-state index < -0.39 is 0 Å². The van der Waals surface area contributed by atoms with Crippen molar-refractivity contribution < 1.29 is 4.79 Å². The van der Waals surface area contributed by atoms with Crippen molar-refractivity contribution >= 4 is 5.91 Å². The Labute approximate surface area is 117 Å². The highest BCUT2D eigenvalue weighted by Gasteiger charge is 2.22. The summed E-state index contributed by atoms with van der Waals surface area (Å²) in [4.78, 5) is 12.2. The highest BCUT2D eigenvalue weighted by Crippen LogP contribution is 2.19. The number of rotatable bonds is 3. The van der Waals surface area contributed by atoms with E-state index in [0.29, 0.717) is 5.56 Å². The molecule has 6 nitrogen and oxygen atoms in total. The van der Waals surface area contributed by atoms with Gasteiger partial charge in [0.1, 0.15) is 0 Å². The van der Waals surface area contributed by atoms with Crippen molar-refractivity contribution in [3.63, 3.8) is 0 Å². The average molecular weight is 273 g/mol. The van der Waals surface area contributed by atoms with Gasteiger partial charge in [-0.05, 0) is 32.3 Å². The standard InChI is InChI=1S/C14H19N5O/c1-9(2)19-8-11(7-16-19)14(20)17-12-4-3-10-6-15-18-13(10)5-12/h6-9,12H,3-5H2,1-2H3,(H,15,18)(H,17,20). The molecule has 1 aliphatic rings. The van der Waals surface area contributed by atoms with Crippen molar-refractivity contribution in [3.05, 3.63) is 35.4 Å². The predicted octanol–water partition coefficient (Wildman–Crippen LogP) is 1.47. The Morgan fingerprint density at radius 2 is 2.35 bits per heavy atom. The molecule has 6 heteroatoms. The van der Waals surface area contributed by atoms with Crippen LogP contribution < -0.4 is 5.32 Å². The molecular weight excluding hydrogens is 254 g/mol. The number of aromatic nitrogens is 4. The number of nitrogens with zero attached hydrogens (tertiary/aromatic N) is 3. The van der Waals surface area contributed by atoms with Crippen LogP contribution in [0.1, 0.15) is 47.9 Å². The van der Waals surface area contributed by atoms with E-state index in [-0.39, 0.29) is 18.0 Å². The lowest BCUT2D eigenvalue weighted by Gasteiger charge is -2.22. The molecule has 20 heavy (non-hydrogen) atoms. The number of carbonyl (C=O) groups is 1. The summed E-state index contributed by atoms with van der Waals surface area (Å²) in [5.74, 6) is -0.0511. The number of fused-ring (bicyclic) bond motifs is 1. The normalized spacial score (nSPS) is 18.1. The van der Waals surface area contributed by atoms with Crippen LogP contribution in [0.2, 0.25) is 0 Å². The van der Waals surface area contributed by atoms with Crippen LogP contribution in [0.15, 0.2) is 18.6 Å². The summed E-state index contributed by atoms with van der Waals surface area (Å²) < 4.78 is 1.79. The van der Waals surface area contributed by atoms with Crippen molar-refractivity contribution in [3.8, 4) is 0 Å². The van der Waals surface area contributed by atoms with Crippen molar-refractivity contribution in [1.82, 2.24) is 25.3 Å². The van der Waals surface area contributed by atoms with Crippen LogP contribution in [-0.4, -0.2) is 31.9 Å². The fourth-order valence-corrected chi connectivity index (χ4v) is 2.54. The van der Waals surface area contributed by atoms with Gasteiger partial charge in [-0.1, -0.05) is 0 Å². The molecule has 0 radical (unpaired) electrons. The van der Waals surface area contributed by atoms with E-state index in [1.807, 2.05) is 20.0 Å². The summed E-state index contributed by atoms with van der Waals surface area (Å²) in [5, 5.41) is 14.3. The molecule has 1 amide bonds. The number of aromatic amines is 1. The lowest BCUT2D eigenvalue weighted by Crippen LogP contribution is -2.38. The van der Waals surface area contributed by atoms with E-state index in [4.69, 9.17) is 0 Å². The molecule has 0 saturated carbocycles. The summed E-state index contributed by atoms with van der Waals surface area (Å²) in [6.45, 7) is 4.07. The molecule has 0 fully saturated rings. The molecule has 3 rings (SSSR count). The van der Waals surface area contributed by atoms with E-state index in [9.17, 15) is 4.79 Å². The van der Waals surface area contributed by atoms with Gasteiger partial charge in [-0.3, -0.25) is 14.6 Å².